The molecule has 0 aliphatic carbocycles. The normalized spacial score (nSPS) is 12.1. The number of fused-ring (bicyclic) bond motifs is 1. The Balaban J connectivity index is 2.19. The first-order valence-corrected chi connectivity index (χ1v) is 6.30. The van der Waals surface area contributed by atoms with Gasteiger partial charge in [-0.25, -0.2) is 4.79 Å². The van der Waals surface area contributed by atoms with Crippen LogP contribution in [0.25, 0.3) is 10.8 Å². The SMILES string of the molecule is NCC(=O)N[C@H](Cc1ccc2ccccc2c1)C(=O)O. The number of carboxylic acids is 1. The van der Waals surface area contributed by atoms with Crippen LogP contribution in [0.5, 0.6) is 0 Å². The zero-order valence-corrected chi connectivity index (χ0v) is 10.9. The predicted molar refractivity (Wildman–Crippen MR) is 76.3 cm³/mol. The van der Waals surface area contributed by atoms with E-state index in [9.17, 15) is 9.59 Å². The van der Waals surface area contributed by atoms with Crippen molar-refractivity contribution in [1.82, 2.24) is 5.32 Å². The standard InChI is InChI=1S/C15H16N2O3/c16-9-14(18)17-13(15(19)20)8-10-5-6-11-3-1-2-4-12(11)7-10/h1-7,13H,8-9,16H2,(H,17,18)(H,19,20)/t13-/m1/s1. The van der Waals surface area contributed by atoms with Crippen LogP contribution in [-0.2, 0) is 16.0 Å². The summed E-state index contributed by atoms with van der Waals surface area (Å²) in [6.07, 6.45) is 0.228. The first-order valence-electron chi connectivity index (χ1n) is 6.30. The zero-order valence-electron chi connectivity index (χ0n) is 10.9. The summed E-state index contributed by atoms with van der Waals surface area (Å²) in [5.74, 6) is -1.54. The van der Waals surface area contributed by atoms with Crippen molar-refractivity contribution in [1.29, 1.82) is 0 Å². The summed E-state index contributed by atoms with van der Waals surface area (Å²) < 4.78 is 0. The number of nitrogens with two attached hydrogens (primary N) is 1. The Morgan fingerprint density at radius 1 is 1.15 bits per heavy atom. The number of amides is 1. The highest BCUT2D eigenvalue weighted by Gasteiger charge is 2.19. The average molecular weight is 272 g/mol. The maximum atomic E-state index is 11.2. The molecule has 0 fully saturated rings. The first-order chi connectivity index (χ1) is 9.60. The Kier molecular flexibility index (Phi) is 4.32. The quantitative estimate of drug-likeness (QED) is 0.754. The van der Waals surface area contributed by atoms with E-state index in [0.717, 1.165) is 16.3 Å². The van der Waals surface area contributed by atoms with E-state index in [1.807, 2.05) is 42.5 Å². The van der Waals surface area contributed by atoms with Gasteiger partial charge in [0.15, 0.2) is 0 Å². The lowest BCUT2D eigenvalue weighted by atomic mass is 10.0. The van der Waals surface area contributed by atoms with Gasteiger partial charge in [0.2, 0.25) is 5.91 Å². The number of carbonyl (C=O) groups is 2. The molecular weight excluding hydrogens is 256 g/mol. The van der Waals surface area contributed by atoms with Crippen LogP contribution < -0.4 is 11.1 Å². The van der Waals surface area contributed by atoms with E-state index in [2.05, 4.69) is 5.32 Å². The molecule has 20 heavy (non-hydrogen) atoms. The fourth-order valence-electron chi connectivity index (χ4n) is 2.05. The molecule has 0 aliphatic rings. The van der Waals surface area contributed by atoms with Crippen LogP contribution in [0.2, 0.25) is 0 Å². The van der Waals surface area contributed by atoms with Crippen molar-refractivity contribution >= 4 is 22.6 Å². The number of aliphatic carboxylic acids is 1. The summed E-state index contributed by atoms with van der Waals surface area (Å²) in [6.45, 7) is -0.221. The average Bonchev–Trinajstić information content (AvgIpc) is 2.46. The number of hydrogen-bond donors (Lipinski definition) is 3. The molecule has 0 unspecified atom stereocenters. The Bertz CT molecular complexity index is 640. The highest BCUT2D eigenvalue weighted by atomic mass is 16.4. The molecule has 0 aliphatic heterocycles. The molecule has 0 radical (unpaired) electrons. The lowest BCUT2D eigenvalue weighted by Crippen LogP contribution is -2.44. The summed E-state index contributed by atoms with van der Waals surface area (Å²) in [4.78, 5) is 22.4. The smallest absolute Gasteiger partial charge is 0.326 e. The van der Waals surface area contributed by atoms with Crippen molar-refractivity contribution in [2.24, 2.45) is 5.73 Å². The van der Waals surface area contributed by atoms with Gasteiger partial charge in [-0.05, 0) is 16.3 Å². The second-order valence-electron chi connectivity index (χ2n) is 4.55. The minimum Gasteiger partial charge on any atom is -0.480 e. The lowest BCUT2D eigenvalue weighted by Gasteiger charge is -2.14. The van der Waals surface area contributed by atoms with E-state index in [-0.39, 0.29) is 13.0 Å². The van der Waals surface area contributed by atoms with E-state index >= 15 is 0 Å². The molecule has 2 aromatic carbocycles. The maximum Gasteiger partial charge on any atom is 0.326 e. The molecule has 2 rings (SSSR count). The van der Waals surface area contributed by atoms with E-state index in [4.69, 9.17) is 10.8 Å². The van der Waals surface area contributed by atoms with Gasteiger partial charge in [-0.1, -0.05) is 42.5 Å². The lowest BCUT2D eigenvalue weighted by molar-refractivity contribution is -0.141. The number of carboxylic acid groups (broad SMARTS) is 1. The van der Waals surface area contributed by atoms with Crippen molar-refractivity contribution < 1.29 is 14.7 Å². The number of benzene rings is 2. The first kappa shape index (κ1) is 14.0. The Morgan fingerprint density at radius 2 is 1.85 bits per heavy atom. The van der Waals surface area contributed by atoms with Crippen LogP contribution in [0.1, 0.15) is 5.56 Å². The Labute approximate surface area is 116 Å². The third-order valence-electron chi connectivity index (χ3n) is 3.07. The van der Waals surface area contributed by atoms with Crippen molar-refractivity contribution in [3.05, 3.63) is 48.0 Å². The summed E-state index contributed by atoms with van der Waals surface area (Å²) in [7, 11) is 0. The third-order valence-corrected chi connectivity index (χ3v) is 3.07. The maximum absolute atomic E-state index is 11.2. The zero-order chi connectivity index (χ0) is 14.5. The predicted octanol–water partition coefficient (Wildman–Crippen LogP) is 0.910. The molecule has 2 aromatic rings. The van der Waals surface area contributed by atoms with Gasteiger partial charge >= 0.3 is 5.97 Å². The monoisotopic (exact) mass is 272 g/mol. The molecule has 5 heteroatoms. The van der Waals surface area contributed by atoms with Crippen LogP contribution in [0, 0.1) is 0 Å². The second kappa shape index (κ2) is 6.16. The molecule has 0 bridgehead atoms. The van der Waals surface area contributed by atoms with E-state index in [0.29, 0.717) is 0 Å². The minimum atomic E-state index is -1.07. The third kappa shape index (κ3) is 3.33. The summed E-state index contributed by atoms with van der Waals surface area (Å²) in [5.41, 5.74) is 6.04. The summed E-state index contributed by atoms with van der Waals surface area (Å²) >= 11 is 0. The molecular formula is C15H16N2O3. The summed E-state index contributed by atoms with van der Waals surface area (Å²) in [6, 6.07) is 12.6. The van der Waals surface area contributed by atoms with Gasteiger partial charge in [0.05, 0.1) is 6.54 Å². The largest absolute Gasteiger partial charge is 0.480 e. The molecule has 104 valence electrons. The fourth-order valence-corrected chi connectivity index (χ4v) is 2.05. The minimum absolute atomic E-state index is 0.221. The molecule has 0 saturated carbocycles. The Hall–Kier alpha value is -2.40. The number of nitrogens with one attached hydrogen (secondary N) is 1. The molecule has 0 spiro atoms. The second-order valence-corrected chi connectivity index (χ2v) is 4.55. The highest BCUT2D eigenvalue weighted by Crippen LogP contribution is 2.16. The van der Waals surface area contributed by atoms with Crippen molar-refractivity contribution in [3.63, 3.8) is 0 Å². The van der Waals surface area contributed by atoms with Crippen LogP contribution in [0.4, 0.5) is 0 Å². The van der Waals surface area contributed by atoms with E-state index in [1.165, 1.54) is 0 Å². The van der Waals surface area contributed by atoms with E-state index < -0.39 is 17.9 Å². The molecule has 0 heterocycles. The van der Waals surface area contributed by atoms with Gasteiger partial charge in [0.25, 0.3) is 0 Å². The van der Waals surface area contributed by atoms with Crippen LogP contribution in [0.15, 0.2) is 42.5 Å². The van der Waals surface area contributed by atoms with Crippen LogP contribution >= 0.6 is 0 Å². The van der Waals surface area contributed by atoms with Crippen LogP contribution in [-0.4, -0.2) is 29.6 Å². The molecule has 1 atom stereocenters. The van der Waals surface area contributed by atoms with Crippen molar-refractivity contribution in [3.8, 4) is 0 Å². The molecule has 4 N–H and O–H groups in total. The topological polar surface area (TPSA) is 92.4 Å². The number of hydrogen-bond acceptors (Lipinski definition) is 3. The number of rotatable bonds is 5. The van der Waals surface area contributed by atoms with Crippen LogP contribution in [0.3, 0.4) is 0 Å². The molecule has 0 aromatic heterocycles. The van der Waals surface area contributed by atoms with Gasteiger partial charge < -0.3 is 16.2 Å². The van der Waals surface area contributed by atoms with Crippen molar-refractivity contribution in [2.45, 2.75) is 12.5 Å². The van der Waals surface area contributed by atoms with Gasteiger partial charge in [-0.2, -0.15) is 0 Å². The van der Waals surface area contributed by atoms with Gasteiger partial charge in [0, 0.05) is 6.42 Å². The highest BCUT2D eigenvalue weighted by molar-refractivity contribution is 5.85. The number of carbonyl (C=O) groups excluding carboxylic acids is 1. The molecule has 5 nitrogen and oxygen atoms in total. The van der Waals surface area contributed by atoms with Gasteiger partial charge in [-0.15, -0.1) is 0 Å². The fraction of sp³-hybridized carbons (Fsp3) is 0.200. The van der Waals surface area contributed by atoms with Gasteiger partial charge in [-0.3, -0.25) is 4.79 Å². The molecule has 0 saturated heterocycles. The Morgan fingerprint density at radius 3 is 2.50 bits per heavy atom. The van der Waals surface area contributed by atoms with Gasteiger partial charge in [0.1, 0.15) is 6.04 Å². The van der Waals surface area contributed by atoms with E-state index in [1.54, 1.807) is 0 Å². The summed E-state index contributed by atoms with van der Waals surface area (Å²) in [5, 5.41) is 13.7. The molecule has 1 amide bonds. The van der Waals surface area contributed by atoms with Crippen molar-refractivity contribution in [2.75, 3.05) is 6.54 Å².